The van der Waals surface area contributed by atoms with Crippen LogP contribution in [0.3, 0.4) is 0 Å². The second-order valence-electron chi connectivity index (χ2n) is 4.74. The maximum atomic E-state index is 12.1. The first-order chi connectivity index (χ1) is 10.9. The third kappa shape index (κ3) is 7.70. The molecule has 1 rings (SSSR count). The van der Waals surface area contributed by atoms with E-state index in [1.165, 1.54) is 0 Å². The van der Waals surface area contributed by atoms with E-state index in [0.717, 1.165) is 0 Å². The van der Waals surface area contributed by atoms with Crippen molar-refractivity contribution in [3.05, 3.63) is 35.9 Å². The highest BCUT2D eigenvalue weighted by Gasteiger charge is 2.22. The molecule has 1 aromatic carbocycles. The molecule has 0 unspecified atom stereocenters. The average Bonchev–Trinajstić information content (AvgIpc) is 2.56. The minimum Gasteiger partial charge on any atom is -0.454 e. The minimum atomic E-state index is -0.984. The van der Waals surface area contributed by atoms with Crippen molar-refractivity contribution in [1.82, 2.24) is 5.32 Å². The van der Waals surface area contributed by atoms with Crippen molar-refractivity contribution in [3.8, 4) is 0 Å². The highest BCUT2D eigenvalue weighted by molar-refractivity contribution is 5.94. The predicted octanol–water partition coefficient (Wildman–Crippen LogP) is -0.457. The summed E-state index contributed by atoms with van der Waals surface area (Å²) >= 11 is 0. The number of nitrogens with one attached hydrogen (secondary N) is 1. The fraction of sp³-hybridized carbons (Fsp3) is 0.333. The van der Waals surface area contributed by atoms with Crippen molar-refractivity contribution in [2.24, 2.45) is 11.5 Å². The molecule has 0 radical (unpaired) electrons. The molecule has 0 aliphatic rings. The summed E-state index contributed by atoms with van der Waals surface area (Å²) in [7, 11) is 0. The number of carbonyl (C=O) groups is 4. The summed E-state index contributed by atoms with van der Waals surface area (Å²) < 4.78 is 4.91. The van der Waals surface area contributed by atoms with Gasteiger partial charge in [0.25, 0.3) is 0 Å². The van der Waals surface area contributed by atoms with Crippen LogP contribution in [-0.4, -0.2) is 42.8 Å². The molecular formula is C15H20ClN3O5. The highest BCUT2D eigenvalue weighted by atomic mass is 35.5. The van der Waals surface area contributed by atoms with Gasteiger partial charge in [0.15, 0.2) is 12.4 Å². The van der Waals surface area contributed by atoms with E-state index in [-0.39, 0.29) is 31.8 Å². The van der Waals surface area contributed by atoms with Crippen LogP contribution in [0.1, 0.15) is 23.2 Å². The van der Waals surface area contributed by atoms with Gasteiger partial charge in [-0.15, -0.1) is 12.4 Å². The Morgan fingerprint density at radius 3 is 2.29 bits per heavy atom. The van der Waals surface area contributed by atoms with Crippen LogP contribution in [0.4, 0.5) is 0 Å². The van der Waals surface area contributed by atoms with Gasteiger partial charge in [0.1, 0.15) is 0 Å². The molecule has 0 aliphatic carbocycles. The Hall–Kier alpha value is -2.45. The van der Waals surface area contributed by atoms with E-state index in [2.05, 4.69) is 5.32 Å². The zero-order chi connectivity index (χ0) is 17.2. The van der Waals surface area contributed by atoms with Gasteiger partial charge in [-0.05, 0) is 18.6 Å². The van der Waals surface area contributed by atoms with Crippen LogP contribution in [0.25, 0.3) is 0 Å². The standard InChI is InChI=1S/C15H19N3O5.ClH/c16-8-14(21)18-11(6-7-13(17)20)12(19)9-23-15(22)10-4-2-1-3-5-10;/h1-5,11H,6-9,16H2,(H2,17,20)(H,18,21);1H/t11-;/m0./s1. The summed E-state index contributed by atoms with van der Waals surface area (Å²) in [6.07, 6.45) is -0.0727. The molecule has 1 atom stereocenters. The number of hydrogen-bond acceptors (Lipinski definition) is 6. The van der Waals surface area contributed by atoms with E-state index in [1.54, 1.807) is 30.3 Å². The van der Waals surface area contributed by atoms with Gasteiger partial charge in [0.2, 0.25) is 11.8 Å². The molecule has 9 heteroatoms. The fourth-order valence-electron chi connectivity index (χ4n) is 1.75. The Labute approximate surface area is 145 Å². The normalized spacial score (nSPS) is 10.9. The van der Waals surface area contributed by atoms with Gasteiger partial charge in [0, 0.05) is 6.42 Å². The Kier molecular flexibility index (Phi) is 10.0. The van der Waals surface area contributed by atoms with Crippen LogP contribution >= 0.6 is 12.4 Å². The van der Waals surface area contributed by atoms with Crippen molar-refractivity contribution in [2.75, 3.05) is 13.2 Å². The Morgan fingerprint density at radius 1 is 1.12 bits per heavy atom. The Balaban J connectivity index is 0.00000529. The highest BCUT2D eigenvalue weighted by Crippen LogP contribution is 2.03. The molecule has 0 fully saturated rings. The zero-order valence-electron chi connectivity index (χ0n) is 12.9. The number of amides is 2. The molecule has 132 valence electrons. The summed E-state index contributed by atoms with van der Waals surface area (Å²) in [5.74, 6) is -2.36. The van der Waals surface area contributed by atoms with E-state index >= 15 is 0 Å². The third-order valence-corrected chi connectivity index (χ3v) is 2.94. The van der Waals surface area contributed by atoms with Crippen LogP contribution < -0.4 is 16.8 Å². The number of carbonyl (C=O) groups excluding carboxylic acids is 4. The quantitative estimate of drug-likeness (QED) is 0.511. The van der Waals surface area contributed by atoms with Crippen LogP contribution in [0, 0.1) is 0 Å². The molecule has 1 aromatic rings. The number of nitrogens with two attached hydrogens (primary N) is 2. The van der Waals surface area contributed by atoms with Gasteiger partial charge in [-0.1, -0.05) is 18.2 Å². The van der Waals surface area contributed by atoms with Gasteiger partial charge in [-0.25, -0.2) is 4.79 Å². The molecule has 2 amide bonds. The third-order valence-electron chi connectivity index (χ3n) is 2.94. The number of hydrogen-bond donors (Lipinski definition) is 3. The van der Waals surface area contributed by atoms with Gasteiger partial charge < -0.3 is 21.5 Å². The maximum Gasteiger partial charge on any atom is 0.338 e. The number of benzene rings is 1. The zero-order valence-corrected chi connectivity index (χ0v) is 13.7. The first-order valence-corrected chi connectivity index (χ1v) is 6.96. The summed E-state index contributed by atoms with van der Waals surface area (Å²) in [6, 6.07) is 7.18. The molecule has 0 aliphatic heterocycles. The van der Waals surface area contributed by atoms with Crippen LogP contribution in [-0.2, 0) is 19.1 Å². The molecule has 0 saturated carbocycles. The lowest BCUT2D eigenvalue weighted by Crippen LogP contribution is -2.45. The number of ketones is 1. The first-order valence-electron chi connectivity index (χ1n) is 6.96. The number of ether oxygens (including phenoxy) is 1. The molecule has 0 saturated heterocycles. The van der Waals surface area contributed by atoms with E-state index in [4.69, 9.17) is 16.2 Å². The van der Waals surface area contributed by atoms with E-state index in [0.29, 0.717) is 5.56 Å². The molecule has 24 heavy (non-hydrogen) atoms. The van der Waals surface area contributed by atoms with Crippen LogP contribution in [0.15, 0.2) is 30.3 Å². The smallest absolute Gasteiger partial charge is 0.338 e. The monoisotopic (exact) mass is 357 g/mol. The number of esters is 1. The molecule has 0 bridgehead atoms. The molecule has 8 nitrogen and oxygen atoms in total. The van der Waals surface area contributed by atoms with E-state index in [1.807, 2.05) is 0 Å². The number of rotatable bonds is 9. The summed E-state index contributed by atoms with van der Waals surface area (Å²) in [4.78, 5) is 46.0. The SMILES string of the molecule is Cl.NCC(=O)N[C@@H](CCC(N)=O)C(=O)COC(=O)c1ccccc1. The van der Waals surface area contributed by atoms with Gasteiger partial charge in [-0.3, -0.25) is 14.4 Å². The number of halogens is 1. The molecular weight excluding hydrogens is 338 g/mol. The fourth-order valence-corrected chi connectivity index (χ4v) is 1.75. The molecule has 5 N–H and O–H groups in total. The summed E-state index contributed by atoms with van der Waals surface area (Å²) in [6.45, 7) is -0.827. The summed E-state index contributed by atoms with van der Waals surface area (Å²) in [5, 5.41) is 2.37. The van der Waals surface area contributed by atoms with Crippen molar-refractivity contribution < 1.29 is 23.9 Å². The number of primary amides is 1. The van der Waals surface area contributed by atoms with Gasteiger partial charge >= 0.3 is 5.97 Å². The van der Waals surface area contributed by atoms with Crippen molar-refractivity contribution in [2.45, 2.75) is 18.9 Å². The van der Waals surface area contributed by atoms with Crippen LogP contribution in [0.5, 0.6) is 0 Å². The van der Waals surface area contributed by atoms with Crippen molar-refractivity contribution in [3.63, 3.8) is 0 Å². The van der Waals surface area contributed by atoms with Gasteiger partial charge in [0.05, 0.1) is 18.2 Å². The van der Waals surface area contributed by atoms with Gasteiger partial charge in [-0.2, -0.15) is 0 Å². The Bertz CT molecular complexity index is 580. The molecule has 0 heterocycles. The lowest BCUT2D eigenvalue weighted by atomic mass is 10.1. The van der Waals surface area contributed by atoms with Crippen molar-refractivity contribution in [1.29, 1.82) is 0 Å². The second kappa shape index (κ2) is 11.1. The predicted molar refractivity (Wildman–Crippen MR) is 88.4 cm³/mol. The van der Waals surface area contributed by atoms with E-state index in [9.17, 15) is 19.2 Å². The topological polar surface area (TPSA) is 142 Å². The van der Waals surface area contributed by atoms with Crippen molar-refractivity contribution >= 4 is 36.0 Å². The summed E-state index contributed by atoms with van der Waals surface area (Å²) in [5.41, 5.74) is 10.5. The Morgan fingerprint density at radius 2 is 1.75 bits per heavy atom. The van der Waals surface area contributed by atoms with Crippen LogP contribution in [0.2, 0.25) is 0 Å². The maximum absolute atomic E-state index is 12.1. The first kappa shape index (κ1) is 21.6. The lowest BCUT2D eigenvalue weighted by Gasteiger charge is -2.16. The largest absolute Gasteiger partial charge is 0.454 e. The molecule has 0 spiro atoms. The molecule has 0 aromatic heterocycles. The average molecular weight is 358 g/mol. The minimum absolute atomic E-state index is 0. The number of Topliss-reactive ketones (excluding diaryl/α,β-unsaturated/α-hetero) is 1. The lowest BCUT2D eigenvalue weighted by molar-refractivity contribution is -0.129. The second-order valence-corrected chi connectivity index (χ2v) is 4.74. The van der Waals surface area contributed by atoms with E-state index < -0.39 is 36.2 Å².